The van der Waals surface area contributed by atoms with Crippen LogP contribution in [0.3, 0.4) is 0 Å². The van der Waals surface area contributed by atoms with Crippen molar-refractivity contribution in [1.29, 1.82) is 0 Å². The smallest absolute Gasteiger partial charge is 0.236 e. The van der Waals surface area contributed by atoms with E-state index in [1.807, 2.05) is 6.92 Å². The molecule has 1 aliphatic rings. The third-order valence-electron chi connectivity index (χ3n) is 3.92. The third-order valence-corrected chi connectivity index (χ3v) is 3.92. The van der Waals surface area contributed by atoms with Crippen molar-refractivity contribution in [2.75, 3.05) is 6.54 Å². The molecule has 0 unspecified atom stereocenters. The lowest BCUT2D eigenvalue weighted by Gasteiger charge is -2.31. The number of hydrogen-bond acceptors (Lipinski definition) is 2. The molecule has 0 bridgehead atoms. The van der Waals surface area contributed by atoms with Gasteiger partial charge in [-0.2, -0.15) is 0 Å². The van der Waals surface area contributed by atoms with Crippen LogP contribution in [0, 0.1) is 11.3 Å². The van der Waals surface area contributed by atoms with Crippen LogP contribution in [-0.4, -0.2) is 18.5 Å². The molecule has 1 rings (SSSR count). The highest BCUT2D eigenvalue weighted by molar-refractivity contribution is 5.81. The summed E-state index contributed by atoms with van der Waals surface area (Å²) in [5.74, 6) is 0.715. The maximum Gasteiger partial charge on any atom is 0.236 e. The summed E-state index contributed by atoms with van der Waals surface area (Å²) in [6.07, 6.45) is 7.06. The Morgan fingerprint density at radius 2 is 1.94 bits per heavy atom. The minimum absolute atomic E-state index is 0.0162. The fourth-order valence-electron chi connectivity index (χ4n) is 3.04. The van der Waals surface area contributed by atoms with Crippen LogP contribution >= 0.6 is 0 Å². The molecule has 17 heavy (non-hydrogen) atoms. The summed E-state index contributed by atoms with van der Waals surface area (Å²) in [5, 5.41) is 3.06. The zero-order valence-electron chi connectivity index (χ0n) is 11.6. The number of carbonyl (C=O) groups excluding carboxylic acids is 1. The van der Waals surface area contributed by atoms with E-state index < -0.39 is 0 Å². The molecule has 0 aromatic carbocycles. The lowest BCUT2D eigenvalue weighted by atomic mass is 9.78. The second-order valence-electron chi connectivity index (χ2n) is 6.04. The normalized spacial score (nSPS) is 20.5. The lowest BCUT2D eigenvalue weighted by Crippen LogP contribution is -2.44. The number of nitrogens with one attached hydrogen (secondary N) is 1. The first-order chi connectivity index (χ1) is 7.99. The maximum atomic E-state index is 11.7. The Labute approximate surface area is 106 Å². The summed E-state index contributed by atoms with van der Waals surface area (Å²) in [6.45, 7) is 7.29. The summed E-state index contributed by atoms with van der Waals surface area (Å²) in [5.41, 5.74) is 6.08. The molecule has 0 spiro atoms. The standard InChI is InChI=1S/C14H28N2O/c1-4-12(15)13(17)16-10-14(9-11(2)3)7-5-6-8-14/h11-12H,4-10,15H2,1-3H3,(H,16,17)/t12-/m1/s1. The molecule has 1 atom stereocenters. The minimum Gasteiger partial charge on any atom is -0.354 e. The number of nitrogens with two attached hydrogens (primary N) is 1. The molecule has 0 aliphatic heterocycles. The van der Waals surface area contributed by atoms with E-state index >= 15 is 0 Å². The molecule has 0 saturated heterocycles. The van der Waals surface area contributed by atoms with Crippen LogP contribution in [0.5, 0.6) is 0 Å². The Kier molecular flexibility index (Phi) is 5.44. The second-order valence-corrected chi connectivity index (χ2v) is 6.04. The van der Waals surface area contributed by atoms with E-state index in [4.69, 9.17) is 5.73 Å². The molecule has 1 amide bonds. The van der Waals surface area contributed by atoms with Gasteiger partial charge in [0.2, 0.25) is 5.91 Å². The van der Waals surface area contributed by atoms with E-state index in [0.29, 0.717) is 17.8 Å². The van der Waals surface area contributed by atoms with Gasteiger partial charge in [-0.05, 0) is 37.0 Å². The average molecular weight is 240 g/mol. The predicted octanol–water partition coefficient (Wildman–Crippen LogP) is 2.45. The third kappa shape index (κ3) is 4.30. The van der Waals surface area contributed by atoms with Crippen molar-refractivity contribution >= 4 is 5.91 Å². The van der Waals surface area contributed by atoms with Gasteiger partial charge in [-0.1, -0.05) is 33.6 Å². The average Bonchev–Trinajstić information content (AvgIpc) is 2.73. The van der Waals surface area contributed by atoms with Crippen LogP contribution in [0.4, 0.5) is 0 Å². The summed E-state index contributed by atoms with van der Waals surface area (Å²) in [6, 6.07) is -0.340. The molecule has 100 valence electrons. The minimum atomic E-state index is -0.340. The number of rotatable bonds is 6. The Hall–Kier alpha value is -0.570. The van der Waals surface area contributed by atoms with E-state index in [-0.39, 0.29) is 11.9 Å². The molecule has 3 heteroatoms. The van der Waals surface area contributed by atoms with Crippen molar-refractivity contribution < 1.29 is 4.79 Å². The summed E-state index contributed by atoms with van der Waals surface area (Å²) >= 11 is 0. The van der Waals surface area contributed by atoms with Crippen LogP contribution in [0.1, 0.15) is 59.3 Å². The van der Waals surface area contributed by atoms with Gasteiger partial charge in [-0.3, -0.25) is 4.79 Å². The van der Waals surface area contributed by atoms with Crippen molar-refractivity contribution in [3.63, 3.8) is 0 Å². The van der Waals surface area contributed by atoms with Crippen molar-refractivity contribution in [2.45, 2.75) is 65.3 Å². The molecule has 0 heterocycles. The van der Waals surface area contributed by atoms with Gasteiger partial charge in [-0.25, -0.2) is 0 Å². The molecule has 1 fully saturated rings. The van der Waals surface area contributed by atoms with Crippen LogP contribution in [-0.2, 0) is 4.79 Å². The molecule has 1 saturated carbocycles. The zero-order valence-corrected chi connectivity index (χ0v) is 11.6. The van der Waals surface area contributed by atoms with Crippen LogP contribution in [0.2, 0.25) is 0 Å². The molecular formula is C14H28N2O. The molecule has 0 aromatic rings. The van der Waals surface area contributed by atoms with Gasteiger partial charge in [0, 0.05) is 6.54 Å². The van der Waals surface area contributed by atoms with Crippen LogP contribution < -0.4 is 11.1 Å². The van der Waals surface area contributed by atoms with Gasteiger partial charge in [0.1, 0.15) is 0 Å². The number of carbonyl (C=O) groups is 1. The van der Waals surface area contributed by atoms with Gasteiger partial charge >= 0.3 is 0 Å². The van der Waals surface area contributed by atoms with Gasteiger partial charge in [0.15, 0.2) is 0 Å². The van der Waals surface area contributed by atoms with E-state index in [9.17, 15) is 4.79 Å². The van der Waals surface area contributed by atoms with E-state index in [2.05, 4.69) is 19.2 Å². The second kappa shape index (κ2) is 6.39. The largest absolute Gasteiger partial charge is 0.354 e. The first-order valence-electron chi connectivity index (χ1n) is 7.02. The summed E-state index contributed by atoms with van der Waals surface area (Å²) in [4.78, 5) is 11.7. The van der Waals surface area contributed by atoms with Crippen LogP contribution in [0.15, 0.2) is 0 Å². The highest BCUT2D eigenvalue weighted by atomic mass is 16.2. The number of amides is 1. The molecule has 0 aromatic heterocycles. The lowest BCUT2D eigenvalue weighted by molar-refractivity contribution is -0.123. The van der Waals surface area contributed by atoms with Crippen molar-refractivity contribution in [3.05, 3.63) is 0 Å². The highest BCUT2D eigenvalue weighted by Crippen LogP contribution is 2.42. The monoisotopic (exact) mass is 240 g/mol. The van der Waals surface area contributed by atoms with E-state index in [1.54, 1.807) is 0 Å². The quantitative estimate of drug-likeness (QED) is 0.749. The first kappa shape index (κ1) is 14.5. The topological polar surface area (TPSA) is 55.1 Å². The Morgan fingerprint density at radius 3 is 2.41 bits per heavy atom. The zero-order chi connectivity index (χ0) is 12.9. The van der Waals surface area contributed by atoms with Gasteiger partial charge in [-0.15, -0.1) is 0 Å². The van der Waals surface area contributed by atoms with Crippen molar-refractivity contribution in [2.24, 2.45) is 17.1 Å². The fourth-order valence-corrected chi connectivity index (χ4v) is 3.04. The molecule has 0 radical (unpaired) electrons. The Balaban J connectivity index is 2.47. The van der Waals surface area contributed by atoms with E-state index in [0.717, 1.165) is 6.54 Å². The van der Waals surface area contributed by atoms with Crippen molar-refractivity contribution in [1.82, 2.24) is 5.32 Å². The molecular weight excluding hydrogens is 212 g/mol. The van der Waals surface area contributed by atoms with Crippen molar-refractivity contribution in [3.8, 4) is 0 Å². The number of hydrogen-bond donors (Lipinski definition) is 2. The fraction of sp³-hybridized carbons (Fsp3) is 0.929. The summed E-state index contributed by atoms with van der Waals surface area (Å²) < 4.78 is 0. The Bertz CT molecular complexity index is 245. The van der Waals surface area contributed by atoms with Crippen LogP contribution in [0.25, 0.3) is 0 Å². The molecule has 3 nitrogen and oxygen atoms in total. The first-order valence-corrected chi connectivity index (χ1v) is 7.02. The van der Waals surface area contributed by atoms with Gasteiger partial charge in [0.25, 0.3) is 0 Å². The van der Waals surface area contributed by atoms with Gasteiger partial charge in [0.05, 0.1) is 6.04 Å². The Morgan fingerprint density at radius 1 is 1.35 bits per heavy atom. The predicted molar refractivity (Wildman–Crippen MR) is 71.6 cm³/mol. The molecule has 3 N–H and O–H groups in total. The highest BCUT2D eigenvalue weighted by Gasteiger charge is 2.34. The van der Waals surface area contributed by atoms with Gasteiger partial charge < -0.3 is 11.1 Å². The SMILES string of the molecule is CC[C@@H](N)C(=O)NCC1(CC(C)C)CCCC1. The maximum absolute atomic E-state index is 11.7. The summed E-state index contributed by atoms with van der Waals surface area (Å²) in [7, 11) is 0. The van der Waals surface area contributed by atoms with E-state index in [1.165, 1.54) is 32.1 Å². The molecule has 1 aliphatic carbocycles.